The smallest absolute Gasteiger partial charge is 0.135 e. The van der Waals surface area contributed by atoms with Crippen LogP contribution in [0.1, 0.15) is 0 Å². The molecule has 6 aromatic carbocycles. The zero-order valence-corrected chi connectivity index (χ0v) is 22.2. The standard InChI is InChI=1S/C38H24N2O/c1-2-8-28(9-3-1)39-21-20-27-22-25(14-17-34(27)39)26-15-18-36-32(23-26)30-10-4-6-12-35(30)40(36)29-16-19-38-33(24-29)31-11-5-7-13-37(31)41-38/h1-24H. The normalized spacial score (nSPS) is 11.9. The van der Waals surface area contributed by atoms with Gasteiger partial charge in [0.25, 0.3) is 0 Å². The van der Waals surface area contributed by atoms with Crippen LogP contribution in [0.5, 0.6) is 0 Å². The molecule has 9 rings (SSSR count). The van der Waals surface area contributed by atoms with Gasteiger partial charge in [0, 0.05) is 44.5 Å². The average molecular weight is 525 g/mol. The fourth-order valence-electron chi connectivity index (χ4n) is 6.42. The number of para-hydroxylation sites is 3. The van der Waals surface area contributed by atoms with Gasteiger partial charge in [-0.2, -0.15) is 0 Å². The van der Waals surface area contributed by atoms with Crippen molar-refractivity contribution in [3.8, 4) is 22.5 Å². The van der Waals surface area contributed by atoms with Gasteiger partial charge in [-0.3, -0.25) is 0 Å². The number of furan rings is 1. The van der Waals surface area contributed by atoms with E-state index in [0.29, 0.717) is 0 Å². The number of aromatic nitrogens is 2. The van der Waals surface area contributed by atoms with Crippen LogP contribution in [0.25, 0.3) is 77.1 Å². The minimum atomic E-state index is 0.912. The first-order valence-electron chi connectivity index (χ1n) is 13.9. The molecule has 3 nitrogen and oxygen atoms in total. The molecule has 41 heavy (non-hydrogen) atoms. The Hall–Kier alpha value is -5.54. The fourth-order valence-corrected chi connectivity index (χ4v) is 6.42. The largest absolute Gasteiger partial charge is 0.456 e. The maximum atomic E-state index is 6.11. The van der Waals surface area contributed by atoms with Crippen molar-refractivity contribution in [3.63, 3.8) is 0 Å². The maximum Gasteiger partial charge on any atom is 0.135 e. The number of nitrogens with zero attached hydrogens (tertiary/aromatic N) is 2. The summed E-state index contributed by atoms with van der Waals surface area (Å²) in [6, 6.07) is 49.8. The molecule has 0 saturated carbocycles. The molecule has 0 saturated heterocycles. The quantitative estimate of drug-likeness (QED) is 0.225. The average Bonchev–Trinajstić information content (AvgIpc) is 3.72. The highest BCUT2D eigenvalue weighted by atomic mass is 16.3. The van der Waals surface area contributed by atoms with Crippen molar-refractivity contribution in [2.75, 3.05) is 0 Å². The third-order valence-electron chi connectivity index (χ3n) is 8.35. The lowest BCUT2D eigenvalue weighted by molar-refractivity contribution is 0.669. The van der Waals surface area contributed by atoms with E-state index in [4.69, 9.17) is 4.42 Å². The summed E-state index contributed by atoms with van der Waals surface area (Å²) in [6.07, 6.45) is 2.15. The summed E-state index contributed by atoms with van der Waals surface area (Å²) in [5.74, 6) is 0. The second-order valence-electron chi connectivity index (χ2n) is 10.7. The van der Waals surface area contributed by atoms with Crippen LogP contribution < -0.4 is 0 Å². The highest BCUT2D eigenvalue weighted by Crippen LogP contribution is 2.37. The zero-order chi connectivity index (χ0) is 26.9. The van der Waals surface area contributed by atoms with Gasteiger partial charge in [0.15, 0.2) is 0 Å². The Kier molecular flexibility index (Phi) is 4.61. The van der Waals surface area contributed by atoms with E-state index in [1.54, 1.807) is 0 Å². The van der Waals surface area contributed by atoms with Gasteiger partial charge < -0.3 is 13.6 Å². The molecule has 192 valence electrons. The van der Waals surface area contributed by atoms with Crippen LogP contribution in [-0.4, -0.2) is 9.13 Å². The Balaban J connectivity index is 1.21. The summed E-state index contributed by atoms with van der Waals surface area (Å²) in [6.45, 7) is 0. The first kappa shape index (κ1) is 22.3. The molecule has 0 atom stereocenters. The van der Waals surface area contributed by atoms with Gasteiger partial charge in [0.05, 0.1) is 16.6 Å². The Morgan fingerprint density at radius 1 is 0.415 bits per heavy atom. The van der Waals surface area contributed by atoms with Crippen molar-refractivity contribution in [2.45, 2.75) is 0 Å². The molecule has 0 fully saturated rings. The Morgan fingerprint density at radius 2 is 1.12 bits per heavy atom. The molecule has 9 aromatic rings. The summed E-state index contributed by atoms with van der Waals surface area (Å²) in [5.41, 5.74) is 10.2. The molecular weight excluding hydrogens is 500 g/mol. The number of rotatable bonds is 3. The highest BCUT2D eigenvalue weighted by Gasteiger charge is 2.15. The molecule has 0 unspecified atom stereocenters. The number of fused-ring (bicyclic) bond motifs is 7. The molecule has 0 aliphatic rings. The van der Waals surface area contributed by atoms with Crippen LogP contribution in [0.4, 0.5) is 0 Å². The van der Waals surface area contributed by atoms with Gasteiger partial charge in [0.2, 0.25) is 0 Å². The van der Waals surface area contributed by atoms with Gasteiger partial charge in [0.1, 0.15) is 11.2 Å². The van der Waals surface area contributed by atoms with E-state index in [0.717, 1.165) is 27.6 Å². The second-order valence-corrected chi connectivity index (χ2v) is 10.7. The van der Waals surface area contributed by atoms with E-state index in [9.17, 15) is 0 Å². The number of hydrogen-bond donors (Lipinski definition) is 0. The van der Waals surface area contributed by atoms with Crippen molar-refractivity contribution in [3.05, 3.63) is 146 Å². The maximum absolute atomic E-state index is 6.11. The number of benzene rings is 6. The topological polar surface area (TPSA) is 23.0 Å². The molecule has 3 aromatic heterocycles. The van der Waals surface area contributed by atoms with Crippen molar-refractivity contribution in [1.82, 2.24) is 9.13 Å². The highest BCUT2D eigenvalue weighted by molar-refractivity contribution is 6.11. The van der Waals surface area contributed by atoms with Gasteiger partial charge >= 0.3 is 0 Å². The lowest BCUT2D eigenvalue weighted by Gasteiger charge is -2.09. The van der Waals surface area contributed by atoms with Crippen LogP contribution in [0.2, 0.25) is 0 Å². The predicted molar refractivity (Wildman–Crippen MR) is 170 cm³/mol. The predicted octanol–water partition coefficient (Wildman–Crippen LogP) is 10.3. The van der Waals surface area contributed by atoms with Gasteiger partial charge in [-0.25, -0.2) is 0 Å². The molecule has 0 spiro atoms. The van der Waals surface area contributed by atoms with Crippen LogP contribution in [0.3, 0.4) is 0 Å². The van der Waals surface area contributed by atoms with Crippen molar-refractivity contribution in [1.29, 1.82) is 0 Å². The van der Waals surface area contributed by atoms with Crippen molar-refractivity contribution < 1.29 is 4.42 Å². The minimum Gasteiger partial charge on any atom is -0.456 e. The van der Waals surface area contributed by atoms with E-state index in [1.807, 2.05) is 12.1 Å². The lowest BCUT2D eigenvalue weighted by Crippen LogP contribution is -1.93. The molecule has 3 heteroatoms. The van der Waals surface area contributed by atoms with E-state index >= 15 is 0 Å². The van der Waals surface area contributed by atoms with E-state index < -0.39 is 0 Å². The van der Waals surface area contributed by atoms with Gasteiger partial charge in [-0.15, -0.1) is 0 Å². The third kappa shape index (κ3) is 3.33. The molecule has 0 amide bonds. The monoisotopic (exact) mass is 524 g/mol. The van der Waals surface area contributed by atoms with E-state index in [2.05, 4.69) is 143 Å². The van der Waals surface area contributed by atoms with E-state index in [1.165, 1.54) is 49.5 Å². The molecule has 3 heterocycles. The van der Waals surface area contributed by atoms with Crippen LogP contribution in [-0.2, 0) is 0 Å². The summed E-state index contributed by atoms with van der Waals surface area (Å²) >= 11 is 0. The van der Waals surface area contributed by atoms with Gasteiger partial charge in [-0.05, 0) is 83.9 Å². The zero-order valence-electron chi connectivity index (χ0n) is 22.2. The number of hydrogen-bond acceptors (Lipinski definition) is 1. The summed E-state index contributed by atoms with van der Waals surface area (Å²) in [5, 5.41) is 6.00. The van der Waals surface area contributed by atoms with Gasteiger partial charge in [-0.1, -0.05) is 66.7 Å². The SMILES string of the molecule is c1ccc(-n2ccc3cc(-c4ccc5c(c4)c4ccccc4n5-c4ccc5oc6ccccc6c5c4)ccc32)cc1. The molecule has 0 bridgehead atoms. The van der Waals surface area contributed by atoms with Crippen LogP contribution in [0, 0.1) is 0 Å². The Labute approximate surface area is 236 Å². The molecular formula is C38H24N2O. The summed E-state index contributed by atoms with van der Waals surface area (Å²) < 4.78 is 10.7. The second kappa shape index (κ2) is 8.48. The van der Waals surface area contributed by atoms with E-state index in [-0.39, 0.29) is 0 Å². The minimum absolute atomic E-state index is 0.912. The summed E-state index contributed by atoms with van der Waals surface area (Å²) in [4.78, 5) is 0. The summed E-state index contributed by atoms with van der Waals surface area (Å²) in [7, 11) is 0. The first-order valence-corrected chi connectivity index (χ1v) is 13.9. The lowest BCUT2D eigenvalue weighted by atomic mass is 10.0. The van der Waals surface area contributed by atoms with Crippen molar-refractivity contribution in [2.24, 2.45) is 0 Å². The third-order valence-corrected chi connectivity index (χ3v) is 8.35. The van der Waals surface area contributed by atoms with Crippen molar-refractivity contribution >= 4 is 54.6 Å². The Morgan fingerprint density at radius 3 is 2.02 bits per heavy atom. The molecule has 0 N–H and O–H groups in total. The van der Waals surface area contributed by atoms with Crippen LogP contribution in [0.15, 0.2) is 150 Å². The fraction of sp³-hybridized carbons (Fsp3) is 0. The molecule has 0 radical (unpaired) electrons. The first-order chi connectivity index (χ1) is 20.3. The van der Waals surface area contributed by atoms with Crippen LogP contribution >= 0.6 is 0 Å². The molecule has 0 aliphatic carbocycles. The molecule has 0 aliphatic heterocycles. The Bertz CT molecular complexity index is 2420.